The Morgan fingerprint density at radius 2 is 1.78 bits per heavy atom. The van der Waals surface area contributed by atoms with E-state index in [0.717, 1.165) is 12.3 Å². The van der Waals surface area contributed by atoms with Gasteiger partial charge in [-0.3, -0.25) is 4.57 Å². The predicted molar refractivity (Wildman–Crippen MR) is 146 cm³/mol. The summed E-state index contributed by atoms with van der Waals surface area (Å²) in [7, 11) is -5.11. The number of carbonyl (C=O) groups excluding carboxylic acids is 1. The van der Waals surface area contributed by atoms with Gasteiger partial charge in [0.05, 0.1) is 10.7 Å². The number of ether oxygens (including phenoxy) is 2. The highest BCUT2D eigenvalue weighted by molar-refractivity contribution is 7.90. The number of hydrogen-bond acceptors (Lipinski definition) is 6. The molecule has 0 radical (unpaired) electrons. The van der Waals surface area contributed by atoms with Gasteiger partial charge in [-0.15, -0.1) is 0 Å². The Labute approximate surface area is 226 Å². The Hall–Kier alpha value is -1.95. The molecule has 0 bridgehead atoms. The number of sulfone groups is 1. The van der Waals surface area contributed by atoms with Crippen molar-refractivity contribution in [3.63, 3.8) is 0 Å². The highest BCUT2D eigenvalue weighted by Gasteiger charge is 2.33. The first-order valence-corrected chi connectivity index (χ1v) is 18.2. The lowest BCUT2D eigenvalue weighted by Gasteiger charge is -2.31. The number of imidazole rings is 1. The number of carbonyl (C=O) groups is 1. The van der Waals surface area contributed by atoms with Gasteiger partial charge in [-0.1, -0.05) is 37.3 Å². The van der Waals surface area contributed by atoms with Gasteiger partial charge in [-0.25, -0.2) is 22.6 Å². The van der Waals surface area contributed by atoms with Crippen molar-refractivity contribution in [2.24, 2.45) is 0 Å². The van der Waals surface area contributed by atoms with Crippen molar-refractivity contribution in [3.8, 4) is 0 Å². The van der Waals surface area contributed by atoms with E-state index in [0.29, 0.717) is 12.2 Å². The third-order valence-electron chi connectivity index (χ3n) is 5.70. The molecule has 1 amide bonds. The van der Waals surface area contributed by atoms with Crippen molar-refractivity contribution < 1.29 is 27.1 Å². The van der Waals surface area contributed by atoms with Crippen LogP contribution in [0.1, 0.15) is 50.9 Å². The largest absolute Gasteiger partial charge is 0.433 e. The molecule has 0 N–H and O–H groups in total. The second kappa shape index (κ2) is 12.3. The molecule has 0 saturated heterocycles. The first-order chi connectivity index (χ1) is 16.9. The molecule has 1 atom stereocenters. The van der Waals surface area contributed by atoms with Crippen molar-refractivity contribution in [1.29, 1.82) is 0 Å². The Morgan fingerprint density at radius 1 is 1.19 bits per heavy atom. The predicted octanol–water partition coefficient (Wildman–Crippen LogP) is 6.04. The van der Waals surface area contributed by atoms with E-state index in [9.17, 15) is 17.6 Å². The zero-order valence-electron chi connectivity index (χ0n) is 23.1. The van der Waals surface area contributed by atoms with E-state index in [4.69, 9.17) is 21.1 Å². The van der Waals surface area contributed by atoms with E-state index < -0.39 is 35.9 Å². The number of aryl methyl sites for hydroxylation is 1. The third-order valence-corrected chi connectivity index (χ3v) is 8.92. The summed E-state index contributed by atoms with van der Waals surface area (Å²) >= 11 is 6.07. The first kappa shape index (κ1) is 31.3. The fourth-order valence-electron chi connectivity index (χ4n) is 4.03. The summed E-state index contributed by atoms with van der Waals surface area (Å²) in [6, 6.07) is 4.52. The van der Waals surface area contributed by atoms with Crippen LogP contribution >= 0.6 is 11.6 Å². The molecular weight excluding hydrogens is 537 g/mol. The number of amides is 1. The lowest BCUT2D eigenvalue weighted by molar-refractivity contribution is 0.0440. The zero-order chi connectivity index (χ0) is 28.3. The molecule has 0 fully saturated rings. The monoisotopic (exact) mass is 575 g/mol. The quantitative estimate of drug-likeness (QED) is 0.239. The number of halogens is 2. The molecule has 1 heterocycles. The van der Waals surface area contributed by atoms with Crippen LogP contribution in [0.15, 0.2) is 23.2 Å². The van der Waals surface area contributed by atoms with Crippen LogP contribution in [0, 0.1) is 12.7 Å². The van der Waals surface area contributed by atoms with E-state index in [2.05, 4.69) is 24.6 Å². The average molecular weight is 576 g/mol. The SMILES string of the molecule is Cc1nc(C(OC(=O)N(C(C)C)C(C)C)c2ccc(F)c(Cl)c2)n(COCC[Si](C)(C)C)c1S(C)(=O)=O. The van der Waals surface area contributed by atoms with Crippen molar-refractivity contribution in [3.05, 3.63) is 46.1 Å². The molecular formula is C25H39ClFN3O5SSi. The van der Waals surface area contributed by atoms with E-state index in [1.165, 1.54) is 22.8 Å². The topological polar surface area (TPSA) is 90.7 Å². The van der Waals surface area contributed by atoms with Gasteiger partial charge in [0, 0.05) is 38.6 Å². The van der Waals surface area contributed by atoms with Crippen LogP contribution in [0.3, 0.4) is 0 Å². The van der Waals surface area contributed by atoms with E-state index in [1.54, 1.807) is 11.8 Å². The van der Waals surface area contributed by atoms with Crippen molar-refractivity contribution >= 4 is 35.6 Å². The van der Waals surface area contributed by atoms with Crippen LogP contribution in [0.5, 0.6) is 0 Å². The number of benzene rings is 1. The van der Waals surface area contributed by atoms with Gasteiger partial charge < -0.3 is 14.4 Å². The molecule has 0 saturated carbocycles. The lowest BCUT2D eigenvalue weighted by Crippen LogP contribution is -2.43. The van der Waals surface area contributed by atoms with Crippen LogP contribution in [-0.4, -0.2) is 62.0 Å². The number of aromatic nitrogens is 2. The molecule has 12 heteroatoms. The van der Waals surface area contributed by atoms with Crippen LogP contribution in [0.4, 0.5) is 9.18 Å². The minimum atomic E-state index is -3.72. The molecule has 208 valence electrons. The van der Waals surface area contributed by atoms with Crippen molar-refractivity contribution in [2.45, 2.75) is 90.2 Å². The molecule has 1 aromatic heterocycles. The summed E-state index contributed by atoms with van der Waals surface area (Å²) in [5, 5.41) is -0.193. The van der Waals surface area contributed by atoms with Crippen LogP contribution < -0.4 is 0 Å². The number of rotatable bonds is 11. The lowest BCUT2D eigenvalue weighted by atomic mass is 10.1. The molecule has 2 aromatic rings. The standard InChI is InChI=1S/C25H39ClFN3O5SSi/c1-16(2)30(17(3)4)25(31)35-22(19-10-11-21(27)20(26)14-19)23-28-18(5)24(36(6,32)33)29(23)15-34-12-13-37(7,8)9/h10-11,14,16-17,22H,12-13,15H2,1-9H3. The maximum atomic E-state index is 14.0. The van der Waals surface area contributed by atoms with Crippen LogP contribution in [-0.2, 0) is 26.0 Å². The first-order valence-electron chi connectivity index (χ1n) is 12.2. The smallest absolute Gasteiger partial charge is 0.411 e. The molecule has 1 unspecified atom stereocenters. The van der Waals surface area contributed by atoms with Gasteiger partial charge in [-0.05, 0) is 52.8 Å². The second-order valence-corrected chi connectivity index (χ2v) is 18.9. The molecule has 37 heavy (non-hydrogen) atoms. The van der Waals surface area contributed by atoms with Gasteiger partial charge in [-0.2, -0.15) is 0 Å². The van der Waals surface area contributed by atoms with Gasteiger partial charge in [0.25, 0.3) is 0 Å². The minimum Gasteiger partial charge on any atom is -0.433 e. The normalized spacial score (nSPS) is 13.3. The summed E-state index contributed by atoms with van der Waals surface area (Å²) < 4.78 is 52.8. The van der Waals surface area contributed by atoms with Crippen molar-refractivity contribution in [2.75, 3.05) is 12.9 Å². The molecule has 0 spiro atoms. The van der Waals surface area contributed by atoms with Crippen LogP contribution in [0.2, 0.25) is 30.7 Å². The van der Waals surface area contributed by atoms with Gasteiger partial charge >= 0.3 is 6.09 Å². The van der Waals surface area contributed by atoms with Crippen molar-refractivity contribution in [1.82, 2.24) is 14.5 Å². The molecule has 1 aromatic carbocycles. The molecule has 0 aliphatic heterocycles. The average Bonchev–Trinajstić information content (AvgIpc) is 3.06. The summed E-state index contributed by atoms with van der Waals surface area (Å²) in [6.45, 7) is 16.0. The second-order valence-electron chi connectivity index (χ2n) is 10.9. The maximum absolute atomic E-state index is 14.0. The summed E-state index contributed by atoms with van der Waals surface area (Å²) in [5.74, 6) is -0.484. The Bertz CT molecular complexity index is 1200. The molecule has 8 nitrogen and oxygen atoms in total. The van der Waals surface area contributed by atoms with Gasteiger partial charge in [0.15, 0.2) is 26.8 Å². The highest BCUT2D eigenvalue weighted by Crippen LogP contribution is 2.32. The fraction of sp³-hybridized carbons (Fsp3) is 0.600. The number of hydrogen-bond donors (Lipinski definition) is 0. The fourth-order valence-corrected chi connectivity index (χ4v) is 6.11. The number of nitrogens with zero attached hydrogens (tertiary/aromatic N) is 3. The van der Waals surface area contributed by atoms with Gasteiger partial charge in [0.2, 0.25) is 0 Å². The van der Waals surface area contributed by atoms with E-state index in [1.807, 2.05) is 27.7 Å². The Balaban J connectivity index is 2.66. The molecule has 0 aliphatic carbocycles. The maximum Gasteiger partial charge on any atom is 0.411 e. The van der Waals surface area contributed by atoms with Gasteiger partial charge in [0.1, 0.15) is 12.5 Å². The summed E-state index contributed by atoms with van der Waals surface area (Å²) in [5.41, 5.74) is 0.589. The third kappa shape index (κ3) is 8.26. The Kier molecular flexibility index (Phi) is 10.4. The minimum absolute atomic E-state index is 0.0330. The van der Waals surface area contributed by atoms with E-state index in [-0.39, 0.29) is 40.4 Å². The molecule has 2 rings (SSSR count). The van der Waals surface area contributed by atoms with E-state index >= 15 is 0 Å². The molecule has 0 aliphatic rings. The summed E-state index contributed by atoms with van der Waals surface area (Å²) in [4.78, 5) is 19.4. The summed E-state index contributed by atoms with van der Waals surface area (Å²) in [6.07, 6.45) is -0.697. The highest BCUT2D eigenvalue weighted by atomic mass is 35.5. The van der Waals surface area contributed by atoms with Crippen LogP contribution in [0.25, 0.3) is 0 Å². The Morgan fingerprint density at radius 3 is 2.27 bits per heavy atom. The zero-order valence-corrected chi connectivity index (χ0v) is 25.7.